The van der Waals surface area contributed by atoms with E-state index >= 15 is 0 Å². The molecule has 19 heavy (non-hydrogen) atoms. The van der Waals surface area contributed by atoms with E-state index in [9.17, 15) is 0 Å². The summed E-state index contributed by atoms with van der Waals surface area (Å²) in [6.07, 6.45) is 0. The molecule has 0 spiro atoms. The van der Waals surface area contributed by atoms with Crippen LogP contribution in [0.2, 0.25) is 0 Å². The van der Waals surface area contributed by atoms with Crippen molar-refractivity contribution in [1.82, 2.24) is 0 Å². The molecule has 0 aromatic heterocycles. The van der Waals surface area contributed by atoms with Gasteiger partial charge in [0.1, 0.15) is 12.4 Å². The Hall–Kier alpha value is -1.28. The number of rotatable bonds is 4. The third-order valence-corrected chi connectivity index (χ3v) is 3.99. The second-order valence-electron chi connectivity index (χ2n) is 5.06. The maximum atomic E-state index is 5.96. The Kier molecular flexibility index (Phi) is 4.65. The van der Waals surface area contributed by atoms with E-state index in [0.717, 1.165) is 15.8 Å². The summed E-state index contributed by atoms with van der Waals surface area (Å²) >= 11 is 3.55. The highest BCUT2D eigenvalue weighted by Crippen LogP contribution is 2.26. The summed E-state index contributed by atoms with van der Waals surface area (Å²) in [5.41, 5.74) is 3.65. The molecule has 0 radical (unpaired) electrons. The van der Waals surface area contributed by atoms with Gasteiger partial charge in [-0.25, -0.2) is 0 Å². The molecule has 0 heterocycles. The van der Waals surface area contributed by atoms with Crippen LogP contribution in [-0.4, -0.2) is 0 Å². The standard InChI is InChI=1S/C17H19BrO/c1-12(2)14-9-8-13(3)17(10-14)19-11-15-6-4-5-7-16(15)18/h4-10,12H,11H2,1-3H3. The molecule has 2 heteroatoms. The van der Waals surface area contributed by atoms with Crippen LogP contribution in [-0.2, 0) is 6.61 Å². The summed E-state index contributed by atoms with van der Waals surface area (Å²) in [5.74, 6) is 1.49. The highest BCUT2D eigenvalue weighted by molar-refractivity contribution is 9.10. The van der Waals surface area contributed by atoms with Gasteiger partial charge in [0.05, 0.1) is 0 Å². The lowest BCUT2D eigenvalue weighted by atomic mass is 10.0. The highest BCUT2D eigenvalue weighted by Gasteiger charge is 2.06. The van der Waals surface area contributed by atoms with Gasteiger partial charge in [0.2, 0.25) is 0 Å². The zero-order valence-corrected chi connectivity index (χ0v) is 13.2. The Balaban J connectivity index is 2.15. The molecule has 2 aromatic carbocycles. The lowest BCUT2D eigenvalue weighted by Crippen LogP contribution is -1.99. The molecule has 0 aliphatic heterocycles. The smallest absolute Gasteiger partial charge is 0.123 e. The number of hydrogen-bond donors (Lipinski definition) is 0. The van der Waals surface area contributed by atoms with Crippen molar-refractivity contribution in [2.75, 3.05) is 0 Å². The molecule has 0 bridgehead atoms. The van der Waals surface area contributed by atoms with Gasteiger partial charge in [0.25, 0.3) is 0 Å². The van der Waals surface area contributed by atoms with Crippen LogP contribution in [0.1, 0.15) is 36.5 Å². The first-order valence-electron chi connectivity index (χ1n) is 6.54. The van der Waals surface area contributed by atoms with Gasteiger partial charge in [-0.15, -0.1) is 0 Å². The van der Waals surface area contributed by atoms with E-state index in [2.05, 4.69) is 61.0 Å². The number of benzene rings is 2. The Labute approximate surface area is 123 Å². The molecule has 0 fully saturated rings. The fourth-order valence-corrected chi connectivity index (χ4v) is 2.30. The molecule has 0 saturated heterocycles. The summed E-state index contributed by atoms with van der Waals surface area (Å²) in [6.45, 7) is 7.06. The SMILES string of the molecule is Cc1ccc(C(C)C)cc1OCc1ccccc1Br. The average molecular weight is 319 g/mol. The van der Waals surface area contributed by atoms with E-state index in [1.807, 2.05) is 18.2 Å². The molecular weight excluding hydrogens is 300 g/mol. The summed E-state index contributed by atoms with van der Waals surface area (Å²) in [6, 6.07) is 14.6. The van der Waals surface area contributed by atoms with Gasteiger partial charge >= 0.3 is 0 Å². The molecule has 1 nitrogen and oxygen atoms in total. The van der Waals surface area contributed by atoms with Crippen molar-refractivity contribution in [3.05, 3.63) is 63.6 Å². The Morgan fingerprint density at radius 3 is 2.53 bits per heavy atom. The molecule has 0 atom stereocenters. The van der Waals surface area contributed by atoms with Gasteiger partial charge in [0, 0.05) is 10.0 Å². The first-order chi connectivity index (χ1) is 9.08. The first kappa shape index (κ1) is 14.1. The third-order valence-electron chi connectivity index (χ3n) is 3.22. The van der Waals surface area contributed by atoms with Crippen LogP contribution in [0.25, 0.3) is 0 Å². The van der Waals surface area contributed by atoms with Gasteiger partial charge in [0.15, 0.2) is 0 Å². The van der Waals surface area contributed by atoms with Crippen LogP contribution in [0, 0.1) is 6.92 Å². The monoisotopic (exact) mass is 318 g/mol. The van der Waals surface area contributed by atoms with Crippen LogP contribution >= 0.6 is 15.9 Å². The topological polar surface area (TPSA) is 9.23 Å². The van der Waals surface area contributed by atoms with Gasteiger partial charge in [-0.3, -0.25) is 0 Å². The summed E-state index contributed by atoms with van der Waals surface area (Å²) in [5, 5.41) is 0. The fraction of sp³-hybridized carbons (Fsp3) is 0.294. The van der Waals surface area contributed by atoms with Gasteiger partial charge < -0.3 is 4.74 Å². The van der Waals surface area contributed by atoms with Crippen molar-refractivity contribution in [2.24, 2.45) is 0 Å². The molecule has 0 saturated carbocycles. The zero-order chi connectivity index (χ0) is 13.8. The molecule has 0 aliphatic carbocycles. The van der Waals surface area contributed by atoms with Gasteiger partial charge in [-0.05, 0) is 36.1 Å². The molecule has 0 unspecified atom stereocenters. The van der Waals surface area contributed by atoms with Crippen LogP contribution in [0.15, 0.2) is 46.9 Å². The minimum atomic E-state index is 0.520. The highest BCUT2D eigenvalue weighted by atomic mass is 79.9. The van der Waals surface area contributed by atoms with Crippen LogP contribution in [0.4, 0.5) is 0 Å². The van der Waals surface area contributed by atoms with Crippen molar-refractivity contribution >= 4 is 15.9 Å². The van der Waals surface area contributed by atoms with Crippen molar-refractivity contribution < 1.29 is 4.74 Å². The van der Waals surface area contributed by atoms with Crippen LogP contribution < -0.4 is 4.74 Å². The molecule has 0 amide bonds. The molecular formula is C17H19BrO. The number of aryl methyl sites for hydroxylation is 1. The number of hydrogen-bond acceptors (Lipinski definition) is 1. The molecule has 100 valence electrons. The predicted molar refractivity (Wildman–Crippen MR) is 83.7 cm³/mol. The zero-order valence-electron chi connectivity index (χ0n) is 11.6. The van der Waals surface area contributed by atoms with E-state index in [4.69, 9.17) is 4.74 Å². The Morgan fingerprint density at radius 2 is 1.84 bits per heavy atom. The number of halogens is 1. The lowest BCUT2D eigenvalue weighted by molar-refractivity contribution is 0.303. The molecule has 0 N–H and O–H groups in total. The summed E-state index contributed by atoms with van der Waals surface area (Å²) in [4.78, 5) is 0. The molecule has 2 aromatic rings. The predicted octanol–water partition coefficient (Wildman–Crippen LogP) is 5.46. The van der Waals surface area contributed by atoms with E-state index in [0.29, 0.717) is 12.5 Å². The van der Waals surface area contributed by atoms with E-state index < -0.39 is 0 Å². The minimum Gasteiger partial charge on any atom is -0.489 e. The van der Waals surface area contributed by atoms with Crippen molar-refractivity contribution in [2.45, 2.75) is 33.3 Å². The van der Waals surface area contributed by atoms with Crippen LogP contribution in [0.3, 0.4) is 0 Å². The Bertz CT molecular complexity index is 561. The average Bonchev–Trinajstić information content (AvgIpc) is 2.39. The second kappa shape index (κ2) is 6.25. The van der Waals surface area contributed by atoms with Crippen molar-refractivity contribution in [3.8, 4) is 5.75 Å². The Morgan fingerprint density at radius 1 is 1.11 bits per heavy atom. The van der Waals surface area contributed by atoms with E-state index in [1.54, 1.807) is 0 Å². The van der Waals surface area contributed by atoms with Crippen molar-refractivity contribution in [1.29, 1.82) is 0 Å². The quantitative estimate of drug-likeness (QED) is 0.727. The number of ether oxygens (including phenoxy) is 1. The summed E-state index contributed by atoms with van der Waals surface area (Å²) < 4.78 is 7.05. The molecule has 2 rings (SSSR count). The maximum absolute atomic E-state index is 5.96. The minimum absolute atomic E-state index is 0.520. The first-order valence-corrected chi connectivity index (χ1v) is 7.34. The third kappa shape index (κ3) is 3.60. The fourth-order valence-electron chi connectivity index (χ4n) is 1.90. The molecule has 0 aliphatic rings. The normalized spacial score (nSPS) is 10.8. The van der Waals surface area contributed by atoms with Gasteiger partial charge in [-0.2, -0.15) is 0 Å². The lowest BCUT2D eigenvalue weighted by Gasteiger charge is -2.13. The van der Waals surface area contributed by atoms with Gasteiger partial charge in [-0.1, -0.05) is 60.1 Å². The largest absolute Gasteiger partial charge is 0.489 e. The van der Waals surface area contributed by atoms with Crippen LogP contribution in [0.5, 0.6) is 5.75 Å². The van der Waals surface area contributed by atoms with Crippen molar-refractivity contribution in [3.63, 3.8) is 0 Å². The second-order valence-corrected chi connectivity index (χ2v) is 5.91. The van der Waals surface area contributed by atoms with E-state index in [1.165, 1.54) is 11.1 Å². The summed E-state index contributed by atoms with van der Waals surface area (Å²) in [7, 11) is 0. The maximum Gasteiger partial charge on any atom is 0.123 e. The van der Waals surface area contributed by atoms with E-state index in [-0.39, 0.29) is 0 Å².